The van der Waals surface area contributed by atoms with Gasteiger partial charge < -0.3 is 29.4 Å². The van der Waals surface area contributed by atoms with E-state index < -0.39 is 35.8 Å². The van der Waals surface area contributed by atoms with E-state index in [4.69, 9.17) is 13.9 Å². The molecule has 0 saturated carbocycles. The normalized spacial score (nSPS) is 15.4. The summed E-state index contributed by atoms with van der Waals surface area (Å²) in [6, 6.07) is 14.0. The third-order valence-electron chi connectivity index (χ3n) is 5.81. The number of furan rings is 1. The third kappa shape index (κ3) is 6.07. The lowest BCUT2D eigenvalue weighted by molar-refractivity contribution is -0.141. The zero-order valence-electron chi connectivity index (χ0n) is 20.2. The van der Waals surface area contributed by atoms with Gasteiger partial charge in [0.05, 0.1) is 33.4 Å². The summed E-state index contributed by atoms with van der Waals surface area (Å²) in [6.45, 7) is -0.0547. The number of benzene rings is 2. The fourth-order valence-corrected chi connectivity index (χ4v) is 3.93. The second kappa shape index (κ2) is 11.3. The van der Waals surface area contributed by atoms with Gasteiger partial charge >= 0.3 is 6.03 Å². The first-order valence-corrected chi connectivity index (χ1v) is 11.4. The highest BCUT2D eigenvalue weighted by Gasteiger charge is 2.37. The summed E-state index contributed by atoms with van der Waals surface area (Å²) in [7, 11) is 3.06. The SMILES string of the molecule is COc1ccc(NC(=O)[C@@H](c2ccc(OC)cc2)N(Cc2ccco2)C(=O)C[C@@H]2NC(=O)NC2=O)cc1. The molecule has 3 N–H and O–H groups in total. The molecule has 2 aromatic carbocycles. The van der Waals surface area contributed by atoms with E-state index >= 15 is 0 Å². The lowest BCUT2D eigenvalue weighted by Gasteiger charge is -2.31. The van der Waals surface area contributed by atoms with Crippen molar-refractivity contribution in [3.63, 3.8) is 0 Å². The average Bonchev–Trinajstić information content (AvgIpc) is 3.53. The van der Waals surface area contributed by atoms with Crippen LogP contribution in [0.1, 0.15) is 23.8 Å². The fourth-order valence-electron chi connectivity index (χ4n) is 3.93. The highest BCUT2D eigenvalue weighted by molar-refractivity contribution is 6.06. The molecule has 0 bridgehead atoms. The monoisotopic (exact) mass is 506 g/mol. The van der Waals surface area contributed by atoms with Gasteiger partial charge in [-0.05, 0) is 54.1 Å². The van der Waals surface area contributed by atoms with Crippen molar-refractivity contribution in [2.75, 3.05) is 19.5 Å². The number of carbonyl (C=O) groups excluding carboxylic acids is 4. The number of anilines is 1. The summed E-state index contributed by atoms with van der Waals surface area (Å²) in [6.07, 6.45) is 1.11. The maximum absolute atomic E-state index is 13.7. The van der Waals surface area contributed by atoms with E-state index in [9.17, 15) is 19.2 Å². The molecule has 0 unspecified atom stereocenters. The average molecular weight is 507 g/mol. The van der Waals surface area contributed by atoms with Crippen LogP contribution in [0.3, 0.4) is 0 Å². The van der Waals surface area contributed by atoms with Crippen LogP contribution >= 0.6 is 0 Å². The molecule has 1 aliphatic heterocycles. The van der Waals surface area contributed by atoms with Crippen LogP contribution in [0.25, 0.3) is 0 Å². The smallest absolute Gasteiger partial charge is 0.322 e. The van der Waals surface area contributed by atoms with Gasteiger partial charge in [-0.1, -0.05) is 12.1 Å². The van der Waals surface area contributed by atoms with E-state index in [-0.39, 0.29) is 13.0 Å². The van der Waals surface area contributed by atoms with E-state index in [1.807, 2.05) is 0 Å². The zero-order chi connectivity index (χ0) is 26.4. The minimum atomic E-state index is -1.11. The van der Waals surface area contributed by atoms with Gasteiger partial charge in [-0.15, -0.1) is 0 Å². The number of hydrogen-bond donors (Lipinski definition) is 3. The molecule has 1 saturated heterocycles. The van der Waals surface area contributed by atoms with Crippen LogP contribution in [0.15, 0.2) is 71.3 Å². The lowest BCUT2D eigenvalue weighted by atomic mass is 10.0. The van der Waals surface area contributed by atoms with Crippen LogP contribution in [-0.4, -0.2) is 48.9 Å². The standard InChI is InChI=1S/C26H26N4O7/c1-35-18-9-5-16(6-10-18)23(25(33)27-17-7-11-19(36-2)12-8-17)30(15-20-4-3-13-37-20)22(31)14-21-24(32)29-26(34)28-21/h3-13,21,23H,14-15H2,1-2H3,(H,27,33)(H2,28,29,32,34)/t21-,23+/m0/s1. The Morgan fingerprint density at radius 2 is 1.65 bits per heavy atom. The first-order valence-electron chi connectivity index (χ1n) is 11.4. The fraction of sp³-hybridized carbons (Fsp3) is 0.231. The van der Waals surface area contributed by atoms with Gasteiger partial charge in [0, 0.05) is 5.69 Å². The third-order valence-corrected chi connectivity index (χ3v) is 5.81. The molecule has 4 rings (SSSR count). The van der Waals surface area contributed by atoms with E-state index in [0.29, 0.717) is 28.5 Å². The van der Waals surface area contributed by atoms with Gasteiger partial charge in [0.15, 0.2) is 0 Å². The number of nitrogens with one attached hydrogen (secondary N) is 3. The van der Waals surface area contributed by atoms with E-state index in [1.165, 1.54) is 18.3 Å². The Morgan fingerprint density at radius 1 is 1.00 bits per heavy atom. The molecular formula is C26H26N4O7. The number of urea groups is 1. The van der Waals surface area contributed by atoms with Crippen molar-refractivity contribution in [2.45, 2.75) is 25.0 Å². The van der Waals surface area contributed by atoms with Gasteiger partial charge in [0.2, 0.25) is 5.91 Å². The highest BCUT2D eigenvalue weighted by atomic mass is 16.5. The molecule has 5 amide bonds. The summed E-state index contributed by atoms with van der Waals surface area (Å²) < 4.78 is 15.9. The quantitative estimate of drug-likeness (QED) is 0.359. The molecule has 2 heterocycles. The summed E-state index contributed by atoms with van der Waals surface area (Å²) >= 11 is 0. The Hall–Kier alpha value is -4.80. The molecule has 0 spiro atoms. The van der Waals surface area contributed by atoms with Gasteiger partial charge in [-0.3, -0.25) is 19.7 Å². The Bertz CT molecular complexity index is 1260. The lowest BCUT2D eigenvalue weighted by Crippen LogP contribution is -2.44. The van der Waals surface area contributed by atoms with Crippen LogP contribution in [0.5, 0.6) is 11.5 Å². The highest BCUT2D eigenvalue weighted by Crippen LogP contribution is 2.28. The van der Waals surface area contributed by atoms with Crippen LogP contribution in [-0.2, 0) is 20.9 Å². The van der Waals surface area contributed by atoms with Gasteiger partial charge in [0.1, 0.15) is 29.3 Å². The number of imide groups is 1. The number of methoxy groups -OCH3 is 2. The van der Waals surface area contributed by atoms with Crippen molar-refractivity contribution in [1.82, 2.24) is 15.5 Å². The summed E-state index contributed by atoms with van der Waals surface area (Å²) in [5.41, 5.74) is 1.00. The first kappa shape index (κ1) is 25.3. The molecule has 1 aliphatic rings. The molecule has 0 aliphatic carbocycles. The number of amides is 5. The zero-order valence-corrected chi connectivity index (χ0v) is 20.2. The molecule has 0 radical (unpaired) electrons. The molecule has 1 fully saturated rings. The predicted octanol–water partition coefficient (Wildman–Crippen LogP) is 2.60. The van der Waals surface area contributed by atoms with Gasteiger partial charge in [-0.25, -0.2) is 4.79 Å². The molecule has 3 aromatic rings. The first-order chi connectivity index (χ1) is 17.9. The second-order valence-electron chi connectivity index (χ2n) is 8.21. The van der Waals surface area contributed by atoms with Crippen LogP contribution in [0.2, 0.25) is 0 Å². The number of hydrogen-bond acceptors (Lipinski definition) is 7. The van der Waals surface area contributed by atoms with E-state index in [2.05, 4.69) is 16.0 Å². The number of nitrogens with zero attached hydrogens (tertiary/aromatic N) is 1. The molecule has 1 aromatic heterocycles. The molecule has 11 nitrogen and oxygen atoms in total. The molecule has 37 heavy (non-hydrogen) atoms. The van der Waals surface area contributed by atoms with Gasteiger partial charge in [0.25, 0.3) is 11.8 Å². The molecule has 192 valence electrons. The van der Waals surface area contributed by atoms with E-state index in [0.717, 1.165) is 0 Å². The number of ether oxygens (including phenoxy) is 2. The Labute approximate surface area is 212 Å². The van der Waals surface area contributed by atoms with Crippen molar-refractivity contribution in [2.24, 2.45) is 0 Å². The van der Waals surface area contributed by atoms with Crippen LogP contribution in [0.4, 0.5) is 10.5 Å². The number of carbonyl (C=O) groups is 4. The van der Waals surface area contributed by atoms with Crippen molar-refractivity contribution < 1.29 is 33.1 Å². The van der Waals surface area contributed by atoms with Crippen molar-refractivity contribution in [1.29, 1.82) is 0 Å². The predicted molar refractivity (Wildman–Crippen MR) is 132 cm³/mol. The maximum atomic E-state index is 13.7. The number of rotatable bonds is 10. The van der Waals surface area contributed by atoms with Gasteiger partial charge in [-0.2, -0.15) is 0 Å². The summed E-state index contributed by atoms with van der Waals surface area (Å²) in [4.78, 5) is 52.3. The van der Waals surface area contributed by atoms with Crippen LogP contribution < -0.4 is 25.4 Å². The van der Waals surface area contributed by atoms with Crippen molar-refractivity contribution >= 4 is 29.4 Å². The molecule has 2 atom stereocenters. The van der Waals surface area contributed by atoms with Crippen molar-refractivity contribution in [3.8, 4) is 11.5 Å². The minimum absolute atomic E-state index is 0.0547. The van der Waals surface area contributed by atoms with Crippen LogP contribution in [0, 0.1) is 0 Å². The Kier molecular flexibility index (Phi) is 7.72. The summed E-state index contributed by atoms with van der Waals surface area (Å²) in [5.74, 6) is -0.00729. The Morgan fingerprint density at radius 3 is 2.19 bits per heavy atom. The second-order valence-corrected chi connectivity index (χ2v) is 8.21. The Balaban J connectivity index is 1.69. The molecular weight excluding hydrogens is 480 g/mol. The van der Waals surface area contributed by atoms with E-state index in [1.54, 1.807) is 67.8 Å². The van der Waals surface area contributed by atoms with Crippen molar-refractivity contribution in [3.05, 3.63) is 78.3 Å². The minimum Gasteiger partial charge on any atom is -0.497 e. The largest absolute Gasteiger partial charge is 0.497 e. The maximum Gasteiger partial charge on any atom is 0.322 e. The molecule has 11 heteroatoms. The topological polar surface area (TPSA) is 139 Å². The summed E-state index contributed by atoms with van der Waals surface area (Å²) in [5, 5.41) is 7.38.